The van der Waals surface area contributed by atoms with E-state index in [2.05, 4.69) is 48.3 Å². The molecule has 0 amide bonds. The second-order valence-corrected chi connectivity index (χ2v) is 6.44. The van der Waals surface area contributed by atoms with Crippen LogP contribution in [0.4, 0.5) is 5.69 Å². The van der Waals surface area contributed by atoms with Crippen LogP contribution in [-0.2, 0) is 6.42 Å². The average Bonchev–Trinajstić information content (AvgIpc) is 2.89. The van der Waals surface area contributed by atoms with Gasteiger partial charge in [-0.2, -0.15) is 5.26 Å². The molecule has 1 heterocycles. The van der Waals surface area contributed by atoms with Crippen LogP contribution in [0.3, 0.4) is 0 Å². The average molecular weight is 280 g/mol. The van der Waals surface area contributed by atoms with E-state index in [1.807, 2.05) is 30.0 Å². The number of nitriles is 1. The number of hydrogen-bond donors (Lipinski definition) is 0. The van der Waals surface area contributed by atoms with Gasteiger partial charge < -0.3 is 4.90 Å². The predicted molar refractivity (Wildman–Crippen MR) is 84.2 cm³/mol. The Kier molecular flexibility index (Phi) is 3.66. The van der Waals surface area contributed by atoms with Gasteiger partial charge >= 0.3 is 0 Å². The van der Waals surface area contributed by atoms with Crippen molar-refractivity contribution in [2.24, 2.45) is 0 Å². The quantitative estimate of drug-likeness (QED) is 0.857. The summed E-state index contributed by atoms with van der Waals surface area (Å²) < 4.78 is 0. The van der Waals surface area contributed by atoms with Crippen LogP contribution in [0.2, 0.25) is 0 Å². The van der Waals surface area contributed by atoms with Crippen LogP contribution in [0.25, 0.3) is 0 Å². The smallest absolute Gasteiger partial charge is 0.0992 e. The zero-order chi connectivity index (χ0) is 13.9. The van der Waals surface area contributed by atoms with Crippen molar-refractivity contribution in [2.45, 2.75) is 16.6 Å². The molecule has 20 heavy (non-hydrogen) atoms. The highest BCUT2D eigenvalue weighted by molar-refractivity contribution is 8.00. The molecule has 0 bridgehead atoms. The van der Waals surface area contributed by atoms with E-state index in [1.54, 1.807) is 0 Å². The second kappa shape index (κ2) is 5.60. The van der Waals surface area contributed by atoms with Crippen molar-refractivity contribution < 1.29 is 0 Å². The van der Waals surface area contributed by atoms with Crippen LogP contribution >= 0.6 is 11.8 Å². The zero-order valence-electron chi connectivity index (χ0n) is 11.4. The number of fused-ring (bicyclic) bond motifs is 1. The van der Waals surface area contributed by atoms with E-state index in [0.717, 1.165) is 24.2 Å². The summed E-state index contributed by atoms with van der Waals surface area (Å²) in [4.78, 5) is 3.65. The van der Waals surface area contributed by atoms with Crippen molar-refractivity contribution in [2.75, 3.05) is 18.5 Å². The molecule has 2 aromatic rings. The minimum absolute atomic E-state index is 0.586. The van der Waals surface area contributed by atoms with Gasteiger partial charge in [-0.3, -0.25) is 0 Å². The Bertz CT molecular complexity index is 635. The summed E-state index contributed by atoms with van der Waals surface area (Å²) in [5.41, 5.74) is 3.29. The number of anilines is 1. The van der Waals surface area contributed by atoms with Crippen molar-refractivity contribution in [3.63, 3.8) is 0 Å². The number of benzene rings is 2. The minimum atomic E-state index is 0.586. The van der Waals surface area contributed by atoms with Gasteiger partial charge in [0.15, 0.2) is 0 Å². The van der Waals surface area contributed by atoms with Gasteiger partial charge in [-0.05, 0) is 36.2 Å². The third-order valence-electron chi connectivity index (χ3n) is 3.61. The first-order valence-corrected chi connectivity index (χ1v) is 7.60. The van der Waals surface area contributed by atoms with Crippen LogP contribution in [0.5, 0.6) is 0 Å². The molecule has 2 aromatic carbocycles. The lowest BCUT2D eigenvalue weighted by molar-refractivity contribution is 0.814. The van der Waals surface area contributed by atoms with E-state index in [0.29, 0.717) is 5.25 Å². The van der Waals surface area contributed by atoms with E-state index in [-0.39, 0.29) is 0 Å². The highest BCUT2D eigenvalue weighted by Crippen LogP contribution is 2.37. The second-order valence-electron chi connectivity index (χ2n) is 5.09. The Morgan fingerprint density at radius 3 is 2.90 bits per heavy atom. The molecule has 0 radical (unpaired) electrons. The maximum atomic E-state index is 8.97. The number of hydrogen-bond acceptors (Lipinski definition) is 3. The van der Waals surface area contributed by atoms with Gasteiger partial charge in [-0.1, -0.05) is 24.3 Å². The summed E-state index contributed by atoms with van der Waals surface area (Å²) in [5.74, 6) is 0. The Morgan fingerprint density at radius 2 is 2.10 bits per heavy atom. The van der Waals surface area contributed by atoms with Gasteiger partial charge in [0.05, 0.1) is 11.6 Å². The molecule has 1 aliphatic heterocycles. The van der Waals surface area contributed by atoms with Gasteiger partial charge in [0.25, 0.3) is 0 Å². The highest BCUT2D eigenvalue weighted by Gasteiger charge is 2.23. The van der Waals surface area contributed by atoms with Crippen LogP contribution < -0.4 is 4.90 Å². The molecule has 0 aliphatic carbocycles. The lowest BCUT2D eigenvalue weighted by atomic mass is 10.1. The van der Waals surface area contributed by atoms with E-state index in [9.17, 15) is 0 Å². The molecule has 0 spiro atoms. The molecule has 3 rings (SSSR count). The maximum Gasteiger partial charge on any atom is 0.0992 e. The zero-order valence-corrected chi connectivity index (χ0v) is 12.2. The molecule has 1 aliphatic rings. The van der Waals surface area contributed by atoms with Crippen molar-refractivity contribution >= 4 is 17.4 Å². The normalized spacial score (nSPS) is 16.5. The molecular weight excluding hydrogens is 264 g/mol. The summed E-state index contributed by atoms with van der Waals surface area (Å²) in [5, 5.41) is 9.56. The Hall–Kier alpha value is -1.92. The Labute approximate surface area is 124 Å². The van der Waals surface area contributed by atoms with Crippen LogP contribution in [0.15, 0.2) is 53.4 Å². The lowest BCUT2D eigenvalue weighted by Crippen LogP contribution is -2.26. The molecule has 0 aromatic heterocycles. The van der Waals surface area contributed by atoms with Crippen molar-refractivity contribution in [1.29, 1.82) is 5.26 Å². The highest BCUT2D eigenvalue weighted by atomic mass is 32.2. The van der Waals surface area contributed by atoms with Crippen molar-refractivity contribution in [1.82, 2.24) is 0 Å². The van der Waals surface area contributed by atoms with Crippen molar-refractivity contribution in [3.8, 4) is 6.07 Å². The number of nitrogens with zero attached hydrogens (tertiary/aromatic N) is 2. The molecule has 100 valence electrons. The monoisotopic (exact) mass is 280 g/mol. The standard InChI is InChI=1S/C17H16N2S/c1-19(15-7-4-5-13(9-15)11-18)12-16-10-14-6-2-3-8-17(14)20-16/h2-9,16H,10,12H2,1H3. The fourth-order valence-electron chi connectivity index (χ4n) is 2.58. The van der Waals surface area contributed by atoms with Gasteiger partial charge in [-0.25, -0.2) is 0 Å². The van der Waals surface area contributed by atoms with Gasteiger partial charge in [-0.15, -0.1) is 11.8 Å². The first-order valence-electron chi connectivity index (χ1n) is 6.72. The molecule has 1 atom stereocenters. The van der Waals surface area contributed by atoms with E-state index < -0.39 is 0 Å². The molecule has 3 heteroatoms. The minimum Gasteiger partial charge on any atom is -0.373 e. The Balaban J connectivity index is 1.69. The number of thioether (sulfide) groups is 1. The largest absolute Gasteiger partial charge is 0.373 e. The molecule has 0 fully saturated rings. The SMILES string of the molecule is CN(CC1Cc2ccccc2S1)c1cccc(C#N)c1. The van der Waals surface area contributed by atoms with Crippen LogP contribution in [0, 0.1) is 11.3 Å². The lowest BCUT2D eigenvalue weighted by Gasteiger charge is -2.22. The first kappa shape index (κ1) is 13.1. The topological polar surface area (TPSA) is 27.0 Å². The number of rotatable bonds is 3. The molecule has 2 nitrogen and oxygen atoms in total. The predicted octanol–water partition coefficient (Wildman–Crippen LogP) is 3.71. The molecule has 1 unspecified atom stereocenters. The molecular formula is C17H16N2S. The fourth-order valence-corrected chi connectivity index (χ4v) is 3.96. The summed E-state index contributed by atoms with van der Waals surface area (Å²) in [6.07, 6.45) is 1.13. The molecule has 0 saturated heterocycles. The summed E-state index contributed by atoms with van der Waals surface area (Å²) >= 11 is 1.96. The Morgan fingerprint density at radius 1 is 1.25 bits per heavy atom. The van der Waals surface area contributed by atoms with Crippen LogP contribution in [0.1, 0.15) is 11.1 Å². The van der Waals surface area contributed by atoms with Crippen molar-refractivity contribution in [3.05, 3.63) is 59.7 Å². The molecule has 0 saturated carbocycles. The third-order valence-corrected chi connectivity index (χ3v) is 4.91. The third kappa shape index (κ3) is 2.66. The van der Waals surface area contributed by atoms with Gasteiger partial charge in [0.2, 0.25) is 0 Å². The van der Waals surface area contributed by atoms with E-state index >= 15 is 0 Å². The van der Waals surface area contributed by atoms with E-state index in [4.69, 9.17) is 5.26 Å². The first-order chi connectivity index (χ1) is 9.76. The maximum absolute atomic E-state index is 8.97. The molecule has 0 N–H and O–H groups in total. The van der Waals surface area contributed by atoms with Gasteiger partial charge in [0, 0.05) is 29.4 Å². The summed E-state index contributed by atoms with van der Waals surface area (Å²) in [6.45, 7) is 0.994. The fraction of sp³-hybridized carbons (Fsp3) is 0.235. The van der Waals surface area contributed by atoms with E-state index in [1.165, 1.54) is 10.5 Å². The summed E-state index contributed by atoms with van der Waals surface area (Å²) in [7, 11) is 2.10. The summed E-state index contributed by atoms with van der Waals surface area (Å²) in [6, 6.07) is 18.6. The van der Waals surface area contributed by atoms with Crippen LogP contribution in [-0.4, -0.2) is 18.8 Å². The van der Waals surface area contributed by atoms with Gasteiger partial charge in [0.1, 0.15) is 0 Å².